The Kier molecular flexibility index (Phi) is 3.81. The number of hydrogen-bond donors (Lipinski definition) is 1. The van der Waals surface area contributed by atoms with Gasteiger partial charge < -0.3 is 10.5 Å². The molecule has 0 saturated carbocycles. The second kappa shape index (κ2) is 5.36. The number of methoxy groups -OCH3 is 1. The Morgan fingerprint density at radius 3 is 2.42 bits per heavy atom. The summed E-state index contributed by atoms with van der Waals surface area (Å²) in [5.41, 5.74) is 8.38. The van der Waals surface area contributed by atoms with Crippen molar-refractivity contribution in [3.63, 3.8) is 0 Å². The van der Waals surface area contributed by atoms with E-state index in [4.69, 9.17) is 10.5 Å². The van der Waals surface area contributed by atoms with Gasteiger partial charge in [-0.05, 0) is 30.7 Å². The van der Waals surface area contributed by atoms with Gasteiger partial charge in [0.15, 0.2) is 11.6 Å². The third kappa shape index (κ3) is 2.74. The minimum Gasteiger partial charge on any atom is -0.496 e. The fraction of sp³-hybridized carbons (Fsp3) is 0.200. The molecule has 2 rings (SSSR count). The quantitative estimate of drug-likeness (QED) is 0.921. The normalized spacial score (nSPS) is 12.3. The summed E-state index contributed by atoms with van der Waals surface area (Å²) in [5.74, 6) is -1.16. The Labute approximate surface area is 110 Å². The summed E-state index contributed by atoms with van der Waals surface area (Å²) >= 11 is 0. The molecule has 0 spiro atoms. The van der Waals surface area contributed by atoms with Crippen LogP contribution < -0.4 is 10.5 Å². The third-order valence-corrected chi connectivity index (χ3v) is 3.02. The molecule has 0 bridgehead atoms. The molecule has 0 aliphatic carbocycles. The van der Waals surface area contributed by atoms with E-state index in [0.29, 0.717) is 11.3 Å². The number of aryl methyl sites for hydroxylation is 1. The van der Waals surface area contributed by atoms with Crippen LogP contribution >= 0.6 is 0 Å². The maximum atomic E-state index is 13.3. The molecule has 100 valence electrons. The average Bonchev–Trinajstić information content (AvgIpc) is 2.41. The number of nitrogens with two attached hydrogens (primary N) is 1. The van der Waals surface area contributed by atoms with Gasteiger partial charge in [-0.3, -0.25) is 0 Å². The highest BCUT2D eigenvalue weighted by Crippen LogP contribution is 2.29. The van der Waals surface area contributed by atoms with Crippen LogP contribution in [0.25, 0.3) is 0 Å². The van der Waals surface area contributed by atoms with Gasteiger partial charge in [-0.25, -0.2) is 8.78 Å². The lowest BCUT2D eigenvalue weighted by molar-refractivity contribution is 0.407. The van der Waals surface area contributed by atoms with Crippen LogP contribution in [0.1, 0.15) is 22.7 Å². The first-order valence-corrected chi connectivity index (χ1v) is 5.88. The highest BCUT2D eigenvalue weighted by molar-refractivity contribution is 5.43. The van der Waals surface area contributed by atoms with Crippen LogP contribution in [0.4, 0.5) is 8.78 Å². The molecule has 1 unspecified atom stereocenters. The van der Waals surface area contributed by atoms with E-state index in [1.807, 2.05) is 25.1 Å². The van der Waals surface area contributed by atoms with Crippen molar-refractivity contribution >= 4 is 0 Å². The van der Waals surface area contributed by atoms with E-state index < -0.39 is 17.7 Å². The number of rotatable bonds is 3. The van der Waals surface area contributed by atoms with Crippen LogP contribution in [-0.2, 0) is 0 Å². The fourth-order valence-corrected chi connectivity index (χ4v) is 1.98. The highest BCUT2D eigenvalue weighted by Gasteiger charge is 2.16. The van der Waals surface area contributed by atoms with Gasteiger partial charge in [-0.2, -0.15) is 0 Å². The van der Waals surface area contributed by atoms with E-state index >= 15 is 0 Å². The predicted octanol–water partition coefficient (Wildman–Crippen LogP) is 3.33. The number of hydrogen-bond acceptors (Lipinski definition) is 2. The van der Waals surface area contributed by atoms with Gasteiger partial charge in [0.25, 0.3) is 0 Å². The Balaban J connectivity index is 2.45. The van der Waals surface area contributed by atoms with Crippen molar-refractivity contribution in [2.75, 3.05) is 7.11 Å². The zero-order valence-electron chi connectivity index (χ0n) is 10.8. The zero-order valence-corrected chi connectivity index (χ0v) is 10.8. The maximum Gasteiger partial charge on any atom is 0.159 e. The maximum absolute atomic E-state index is 13.3. The smallest absolute Gasteiger partial charge is 0.159 e. The molecule has 19 heavy (non-hydrogen) atoms. The minimum atomic E-state index is -0.903. The van der Waals surface area contributed by atoms with Gasteiger partial charge in [-0.1, -0.05) is 23.8 Å². The molecule has 0 aromatic heterocycles. The molecule has 0 saturated heterocycles. The molecular weight excluding hydrogens is 248 g/mol. The summed E-state index contributed by atoms with van der Waals surface area (Å²) in [5, 5.41) is 0. The minimum absolute atomic E-state index is 0.503. The lowest BCUT2D eigenvalue weighted by Gasteiger charge is -2.17. The monoisotopic (exact) mass is 263 g/mol. The molecule has 2 aromatic carbocycles. The summed E-state index contributed by atoms with van der Waals surface area (Å²) in [7, 11) is 1.55. The first kappa shape index (κ1) is 13.5. The van der Waals surface area contributed by atoms with Crippen molar-refractivity contribution in [2.45, 2.75) is 13.0 Å². The van der Waals surface area contributed by atoms with Gasteiger partial charge in [0.2, 0.25) is 0 Å². The molecule has 0 aliphatic heterocycles. The van der Waals surface area contributed by atoms with E-state index in [9.17, 15) is 8.78 Å². The van der Waals surface area contributed by atoms with Crippen LogP contribution in [0.15, 0.2) is 36.4 Å². The average molecular weight is 263 g/mol. The second-order valence-corrected chi connectivity index (χ2v) is 4.40. The van der Waals surface area contributed by atoms with Crippen LogP contribution in [0, 0.1) is 18.6 Å². The Bertz CT molecular complexity index is 599. The summed E-state index contributed by atoms with van der Waals surface area (Å²) in [6.45, 7) is 1.93. The first-order chi connectivity index (χ1) is 9.02. The lowest BCUT2D eigenvalue weighted by atomic mass is 9.97. The van der Waals surface area contributed by atoms with Crippen molar-refractivity contribution in [3.05, 3.63) is 64.7 Å². The molecule has 0 heterocycles. The molecule has 2 N–H and O–H groups in total. The summed E-state index contributed by atoms with van der Waals surface area (Å²) in [4.78, 5) is 0. The van der Waals surface area contributed by atoms with Gasteiger partial charge in [0.1, 0.15) is 5.75 Å². The van der Waals surface area contributed by atoms with Crippen molar-refractivity contribution < 1.29 is 13.5 Å². The van der Waals surface area contributed by atoms with Crippen molar-refractivity contribution in [2.24, 2.45) is 5.73 Å². The predicted molar refractivity (Wildman–Crippen MR) is 70.1 cm³/mol. The van der Waals surface area contributed by atoms with E-state index in [2.05, 4.69) is 0 Å². The topological polar surface area (TPSA) is 35.2 Å². The van der Waals surface area contributed by atoms with Crippen LogP contribution in [-0.4, -0.2) is 7.11 Å². The van der Waals surface area contributed by atoms with Gasteiger partial charge in [0, 0.05) is 5.56 Å². The molecule has 0 radical (unpaired) electrons. The molecule has 2 aromatic rings. The molecule has 0 aliphatic rings. The zero-order chi connectivity index (χ0) is 14.0. The van der Waals surface area contributed by atoms with Gasteiger partial charge in [0.05, 0.1) is 13.2 Å². The highest BCUT2D eigenvalue weighted by atomic mass is 19.2. The SMILES string of the molecule is COc1ccc(C)cc1C(N)c1ccc(F)c(F)c1. The molecule has 0 amide bonds. The summed E-state index contributed by atoms with van der Waals surface area (Å²) < 4.78 is 31.4. The summed E-state index contributed by atoms with van der Waals surface area (Å²) in [6.07, 6.45) is 0. The largest absolute Gasteiger partial charge is 0.496 e. The van der Waals surface area contributed by atoms with Crippen LogP contribution in [0.5, 0.6) is 5.75 Å². The Morgan fingerprint density at radius 2 is 1.79 bits per heavy atom. The van der Waals surface area contributed by atoms with Gasteiger partial charge >= 0.3 is 0 Å². The summed E-state index contributed by atoms with van der Waals surface area (Å²) in [6, 6.07) is 8.69. The van der Waals surface area contributed by atoms with Gasteiger partial charge in [-0.15, -0.1) is 0 Å². The van der Waals surface area contributed by atoms with Crippen LogP contribution in [0.2, 0.25) is 0 Å². The molecule has 1 atom stereocenters. The Hall–Kier alpha value is -1.94. The molecule has 2 nitrogen and oxygen atoms in total. The third-order valence-electron chi connectivity index (χ3n) is 3.02. The van der Waals surface area contributed by atoms with E-state index in [1.54, 1.807) is 7.11 Å². The second-order valence-electron chi connectivity index (χ2n) is 4.40. The molecule has 0 fully saturated rings. The number of halogens is 2. The standard InChI is InChI=1S/C15H15F2NO/c1-9-3-6-14(19-2)11(7-9)15(18)10-4-5-12(16)13(17)8-10/h3-8,15H,18H2,1-2H3. The lowest BCUT2D eigenvalue weighted by Crippen LogP contribution is -2.13. The number of ether oxygens (including phenoxy) is 1. The van der Waals surface area contributed by atoms with Crippen molar-refractivity contribution in [1.29, 1.82) is 0 Å². The fourth-order valence-electron chi connectivity index (χ4n) is 1.98. The van der Waals surface area contributed by atoms with Crippen molar-refractivity contribution in [3.8, 4) is 5.75 Å². The van der Waals surface area contributed by atoms with E-state index in [1.165, 1.54) is 6.07 Å². The van der Waals surface area contributed by atoms with E-state index in [0.717, 1.165) is 23.3 Å². The Morgan fingerprint density at radius 1 is 1.05 bits per heavy atom. The molecule has 4 heteroatoms. The van der Waals surface area contributed by atoms with Crippen molar-refractivity contribution in [1.82, 2.24) is 0 Å². The molecular formula is C15H15F2NO. The van der Waals surface area contributed by atoms with Crippen LogP contribution in [0.3, 0.4) is 0 Å². The first-order valence-electron chi connectivity index (χ1n) is 5.88. The van der Waals surface area contributed by atoms with E-state index in [-0.39, 0.29) is 0 Å². The number of benzene rings is 2.